The molecule has 1 aliphatic heterocycles. The Morgan fingerprint density at radius 3 is 2.44 bits per heavy atom. The van der Waals surface area contributed by atoms with Crippen LogP contribution in [-0.4, -0.2) is 56.4 Å². The molecule has 178 valence electrons. The number of nitrogens with two attached hydrogens (primary N) is 1. The van der Waals surface area contributed by atoms with Crippen molar-refractivity contribution in [3.63, 3.8) is 0 Å². The van der Waals surface area contributed by atoms with Gasteiger partial charge in [-0.05, 0) is 32.3 Å². The highest BCUT2D eigenvalue weighted by molar-refractivity contribution is 6.10. The number of Topliss-reactive ketones (excluding diaryl/α,β-unsaturated/α-hetero) is 2. The zero-order valence-corrected chi connectivity index (χ0v) is 19.5. The minimum atomic E-state index is -0.132. The highest BCUT2D eigenvalue weighted by atomic mass is 16.5. The normalized spacial score (nSPS) is 15.6. The van der Waals surface area contributed by atoms with Gasteiger partial charge in [0.05, 0.1) is 18.9 Å². The van der Waals surface area contributed by atoms with Crippen molar-refractivity contribution in [2.75, 3.05) is 38.3 Å². The van der Waals surface area contributed by atoms with Gasteiger partial charge >= 0.3 is 0 Å². The Morgan fingerprint density at radius 2 is 1.88 bits per heavy atom. The van der Waals surface area contributed by atoms with Gasteiger partial charge in [-0.2, -0.15) is 0 Å². The molecule has 1 aromatic carbocycles. The molecular weight excluding hydrogens is 412 g/mol. The number of ether oxygens (including phenoxy) is 1. The molecule has 2 rings (SSSR count). The van der Waals surface area contributed by atoms with Gasteiger partial charge in [-0.3, -0.25) is 24.5 Å². The Kier molecular flexibility index (Phi) is 12.4. The van der Waals surface area contributed by atoms with Crippen LogP contribution >= 0.6 is 0 Å². The van der Waals surface area contributed by atoms with E-state index in [0.29, 0.717) is 55.3 Å². The Hall–Kier alpha value is -2.62. The third-order valence-corrected chi connectivity index (χ3v) is 5.04. The number of piperidine rings is 1. The number of hydrogen-bond acceptors (Lipinski definition) is 8. The van der Waals surface area contributed by atoms with E-state index in [-0.39, 0.29) is 36.0 Å². The van der Waals surface area contributed by atoms with E-state index >= 15 is 0 Å². The van der Waals surface area contributed by atoms with Crippen LogP contribution in [0.4, 0.5) is 5.69 Å². The average Bonchev–Trinajstić information content (AvgIpc) is 2.72. The van der Waals surface area contributed by atoms with Crippen molar-refractivity contribution < 1.29 is 23.9 Å². The van der Waals surface area contributed by atoms with Gasteiger partial charge in [-0.15, -0.1) is 0 Å². The van der Waals surface area contributed by atoms with E-state index in [1.807, 2.05) is 13.8 Å². The van der Waals surface area contributed by atoms with E-state index in [2.05, 4.69) is 16.0 Å². The van der Waals surface area contributed by atoms with E-state index in [4.69, 9.17) is 10.5 Å². The van der Waals surface area contributed by atoms with Gasteiger partial charge in [0.2, 0.25) is 11.8 Å². The van der Waals surface area contributed by atoms with Gasteiger partial charge < -0.3 is 21.1 Å². The number of rotatable bonds is 11. The van der Waals surface area contributed by atoms with Crippen LogP contribution in [0.5, 0.6) is 0 Å². The fourth-order valence-electron chi connectivity index (χ4n) is 3.36. The summed E-state index contributed by atoms with van der Waals surface area (Å²) in [6.45, 7) is 9.79. The van der Waals surface area contributed by atoms with E-state index in [0.717, 1.165) is 6.54 Å². The van der Waals surface area contributed by atoms with Crippen LogP contribution in [0.2, 0.25) is 0 Å². The van der Waals surface area contributed by atoms with Crippen molar-refractivity contribution in [3.8, 4) is 0 Å². The summed E-state index contributed by atoms with van der Waals surface area (Å²) in [6.07, 6.45) is 1.21. The van der Waals surface area contributed by atoms with Crippen molar-refractivity contribution in [2.24, 2.45) is 17.6 Å². The van der Waals surface area contributed by atoms with E-state index in [9.17, 15) is 19.2 Å². The molecule has 2 amide bonds. The van der Waals surface area contributed by atoms with Crippen molar-refractivity contribution in [2.45, 2.75) is 40.5 Å². The molecule has 0 saturated carbocycles. The first-order valence-corrected chi connectivity index (χ1v) is 10.9. The highest BCUT2D eigenvalue weighted by Crippen LogP contribution is 2.21. The third kappa shape index (κ3) is 9.25. The standard InChI is InChI=1S/C15H23N3O3.C8H13NO2/c1-11(19)13-4-3-5-14(15(13)12(2)20)18-7-6-17-8-9-21-10-16;1-5(2)6-3-4-7(10)9-8(6)11/h3-5,17-18H,6-10,16H2,1-2H3;5-6H,3-4H2,1-2H3,(H,9,10,11). The van der Waals surface area contributed by atoms with Crippen LogP contribution in [0.3, 0.4) is 0 Å². The fraction of sp³-hybridized carbons (Fsp3) is 0.565. The molecule has 1 fully saturated rings. The van der Waals surface area contributed by atoms with Gasteiger partial charge in [-0.1, -0.05) is 26.0 Å². The van der Waals surface area contributed by atoms with E-state index in [1.165, 1.54) is 13.8 Å². The number of anilines is 1. The van der Waals surface area contributed by atoms with Crippen LogP contribution in [-0.2, 0) is 14.3 Å². The molecule has 9 heteroatoms. The van der Waals surface area contributed by atoms with Crippen LogP contribution in [0.1, 0.15) is 61.3 Å². The van der Waals surface area contributed by atoms with Crippen molar-refractivity contribution in [3.05, 3.63) is 29.3 Å². The number of carbonyl (C=O) groups is 4. The summed E-state index contributed by atoms with van der Waals surface area (Å²) < 4.78 is 5.00. The van der Waals surface area contributed by atoms with Gasteiger partial charge in [0.25, 0.3) is 0 Å². The summed E-state index contributed by atoms with van der Waals surface area (Å²) in [6, 6.07) is 5.25. The first kappa shape index (κ1) is 27.4. The number of carbonyl (C=O) groups excluding carboxylic acids is 4. The Labute approximate surface area is 189 Å². The number of amides is 2. The summed E-state index contributed by atoms with van der Waals surface area (Å²) in [5.74, 6) is -0.0903. The number of nitrogens with one attached hydrogen (secondary N) is 3. The smallest absolute Gasteiger partial charge is 0.229 e. The summed E-state index contributed by atoms with van der Waals surface area (Å²) in [4.78, 5) is 45.2. The maximum absolute atomic E-state index is 11.8. The predicted molar refractivity (Wildman–Crippen MR) is 124 cm³/mol. The van der Waals surface area contributed by atoms with Crippen LogP contribution in [0.15, 0.2) is 18.2 Å². The van der Waals surface area contributed by atoms with Crippen LogP contribution in [0, 0.1) is 11.8 Å². The number of imide groups is 1. The molecule has 1 unspecified atom stereocenters. The first-order valence-electron chi connectivity index (χ1n) is 10.9. The SMILES string of the molecule is CC(=O)c1cccc(NCCNCCOCN)c1C(C)=O.CC(C)C1CCC(=O)NC1=O. The Bertz CT molecular complexity index is 795. The second-order valence-electron chi connectivity index (χ2n) is 7.89. The third-order valence-electron chi connectivity index (χ3n) is 5.04. The molecule has 1 atom stereocenters. The molecule has 0 aliphatic carbocycles. The Balaban J connectivity index is 0.000000389. The summed E-state index contributed by atoms with van der Waals surface area (Å²) in [5, 5.41) is 8.69. The molecule has 1 aliphatic rings. The average molecular weight is 449 g/mol. The molecule has 9 nitrogen and oxygen atoms in total. The highest BCUT2D eigenvalue weighted by Gasteiger charge is 2.28. The van der Waals surface area contributed by atoms with Crippen LogP contribution < -0.4 is 21.7 Å². The molecule has 0 aromatic heterocycles. The maximum Gasteiger partial charge on any atom is 0.229 e. The molecule has 1 heterocycles. The second-order valence-corrected chi connectivity index (χ2v) is 7.89. The summed E-state index contributed by atoms with van der Waals surface area (Å²) in [5.41, 5.74) is 6.81. The second kappa shape index (κ2) is 14.4. The number of hydrogen-bond donors (Lipinski definition) is 4. The molecule has 32 heavy (non-hydrogen) atoms. The monoisotopic (exact) mass is 448 g/mol. The lowest BCUT2D eigenvalue weighted by molar-refractivity contribution is -0.137. The number of ketones is 2. The molecule has 0 spiro atoms. The van der Waals surface area contributed by atoms with Crippen molar-refractivity contribution in [1.29, 1.82) is 0 Å². The topological polar surface area (TPSA) is 140 Å². The summed E-state index contributed by atoms with van der Waals surface area (Å²) in [7, 11) is 0. The minimum Gasteiger partial charge on any atom is -0.383 e. The van der Waals surface area contributed by atoms with Gasteiger partial charge in [-0.25, -0.2) is 0 Å². The van der Waals surface area contributed by atoms with Crippen molar-refractivity contribution >= 4 is 29.1 Å². The quantitative estimate of drug-likeness (QED) is 0.174. The van der Waals surface area contributed by atoms with Crippen molar-refractivity contribution in [1.82, 2.24) is 10.6 Å². The van der Waals surface area contributed by atoms with E-state index in [1.54, 1.807) is 18.2 Å². The predicted octanol–water partition coefficient (Wildman–Crippen LogP) is 1.72. The largest absolute Gasteiger partial charge is 0.383 e. The zero-order valence-electron chi connectivity index (χ0n) is 19.5. The van der Waals surface area contributed by atoms with Gasteiger partial charge in [0.1, 0.15) is 0 Å². The Morgan fingerprint density at radius 1 is 1.16 bits per heavy atom. The van der Waals surface area contributed by atoms with Gasteiger partial charge in [0, 0.05) is 43.2 Å². The molecule has 1 saturated heterocycles. The lowest BCUT2D eigenvalue weighted by atomic mass is 9.88. The first-order chi connectivity index (χ1) is 15.2. The van der Waals surface area contributed by atoms with Gasteiger partial charge in [0.15, 0.2) is 11.6 Å². The lowest BCUT2D eigenvalue weighted by Crippen LogP contribution is -2.42. The molecule has 1 aromatic rings. The van der Waals surface area contributed by atoms with Crippen LogP contribution in [0.25, 0.3) is 0 Å². The zero-order chi connectivity index (χ0) is 24.1. The maximum atomic E-state index is 11.8. The molecule has 0 radical (unpaired) electrons. The number of benzene rings is 1. The van der Waals surface area contributed by atoms with E-state index < -0.39 is 0 Å². The molecule has 5 N–H and O–H groups in total. The fourth-order valence-corrected chi connectivity index (χ4v) is 3.36. The molecular formula is C23H36N4O5. The lowest BCUT2D eigenvalue weighted by Gasteiger charge is -2.23. The summed E-state index contributed by atoms with van der Waals surface area (Å²) >= 11 is 0. The minimum absolute atomic E-state index is 0.0349. The molecule has 0 bridgehead atoms.